The van der Waals surface area contributed by atoms with Crippen LogP contribution in [0.3, 0.4) is 0 Å². The van der Waals surface area contributed by atoms with Crippen LogP contribution in [0.4, 0.5) is 0 Å². The van der Waals surface area contributed by atoms with Gasteiger partial charge in [-0.1, -0.05) is 0 Å². The summed E-state index contributed by atoms with van der Waals surface area (Å²) < 4.78 is 5.78. The lowest BCUT2D eigenvalue weighted by molar-refractivity contribution is -0.160. The number of rotatable bonds is 2. The molecule has 0 N–H and O–H groups in total. The fraction of sp³-hybridized carbons (Fsp3) is 0.920. The van der Waals surface area contributed by atoms with Gasteiger partial charge in [-0.25, -0.2) is 0 Å². The van der Waals surface area contributed by atoms with Crippen molar-refractivity contribution < 1.29 is 14.3 Å². The molecule has 0 aromatic carbocycles. The van der Waals surface area contributed by atoms with Gasteiger partial charge in [0.05, 0.1) is 12.1 Å². The van der Waals surface area contributed by atoms with Gasteiger partial charge in [0.1, 0.15) is 6.10 Å². The molecular weight excluding hydrogens is 390 g/mol. The summed E-state index contributed by atoms with van der Waals surface area (Å²) in [4.78, 5) is 32.8. The summed E-state index contributed by atoms with van der Waals surface area (Å²) >= 11 is 0. The third kappa shape index (κ3) is 3.92. The molecule has 31 heavy (non-hydrogen) atoms. The molecule has 5 aliphatic rings. The van der Waals surface area contributed by atoms with Gasteiger partial charge in [-0.15, -0.1) is 0 Å². The molecule has 0 aromatic heterocycles. The van der Waals surface area contributed by atoms with Crippen molar-refractivity contribution in [2.45, 2.75) is 102 Å². The Labute approximate surface area is 187 Å². The first-order chi connectivity index (χ1) is 14.9. The number of likely N-dealkylation sites (tertiary alicyclic amines) is 1. The van der Waals surface area contributed by atoms with Gasteiger partial charge in [-0.2, -0.15) is 0 Å². The van der Waals surface area contributed by atoms with Crippen molar-refractivity contribution in [3.63, 3.8) is 0 Å². The highest BCUT2D eigenvalue weighted by Crippen LogP contribution is 2.46. The molecule has 0 bridgehead atoms. The van der Waals surface area contributed by atoms with E-state index in [1.54, 1.807) is 6.92 Å². The van der Waals surface area contributed by atoms with Gasteiger partial charge in [0.15, 0.2) is 0 Å². The lowest BCUT2D eigenvalue weighted by Gasteiger charge is -2.55. The molecule has 7 unspecified atom stereocenters. The smallest absolute Gasteiger partial charge is 0.252 e. The number of fused-ring (bicyclic) bond motifs is 2. The van der Waals surface area contributed by atoms with Crippen molar-refractivity contribution >= 4 is 11.8 Å². The van der Waals surface area contributed by atoms with Crippen LogP contribution in [0.15, 0.2) is 0 Å². The lowest BCUT2D eigenvalue weighted by Crippen LogP contribution is -2.68. The second-order valence-corrected chi connectivity index (χ2v) is 11.1. The van der Waals surface area contributed by atoms with E-state index in [-0.39, 0.29) is 36.0 Å². The topological polar surface area (TPSA) is 53.1 Å². The van der Waals surface area contributed by atoms with E-state index in [0.29, 0.717) is 19.1 Å². The van der Waals surface area contributed by atoms with Crippen molar-refractivity contribution in [2.24, 2.45) is 17.8 Å². The first kappa shape index (κ1) is 21.7. The maximum Gasteiger partial charge on any atom is 0.252 e. The zero-order chi connectivity index (χ0) is 21.7. The summed E-state index contributed by atoms with van der Waals surface area (Å²) in [7, 11) is 2.30. The number of ether oxygens (including phenoxy) is 1. The SMILES string of the molecule is CC(=O)N1C2CCC(C3CCC4C(CCN4C)C3)CC2N(C(=O)C2CCCO2)C[C@@H]1C. The lowest BCUT2D eigenvalue weighted by atomic mass is 9.66. The van der Waals surface area contributed by atoms with E-state index in [1.165, 1.54) is 38.6 Å². The average molecular weight is 432 g/mol. The minimum atomic E-state index is -0.262. The number of piperazine rings is 1. The number of nitrogens with zero attached hydrogens (tertiary/aromatic N) is 3. The van der Waals surface area contributed by atoms with E-state index in [4.69, 9.17) is 4.74 Å². The highest BCUT2D eigenvalue weighted by atomic mass is 16.5. The summed E-state index contributed by atoms with van der Waals surface area (Å²) in [6.07, 6.45) is 10.3. The van der Waals surface area contributed by atoms with Crippen molar-refractivity contribution in [3.8, 4) is 0 Å². The molecule has 8 atom stereocenters. The molecule has 0 radical (unpaired) electrons. The van der Waals surface area contributed by atoms with Crippen LogP contribution < -0.4 is 0 Å². The average Bonchev–Trinajstić information content (AvgIpc) is 3.42. The standard InChI is InChI=1S/C25H41N3O3/c1-16-15-27(25(30)24-5-4-12-31-24)23-14-19(7-9-22(23)28(16)17(2)29)18-6-8-21-20(13-18)10-11-26(21)3/h16,18-24H,4-15H2,1-3H3/t16-,18?,19?,20?,21?,22?,23?,24?/m0/s1. The maximum atomic E-state index is 13.4. The van der Waals surface area contributed by atoms with Crippen LogP contribution in [0.25, 0.3) is 0 Å². The highest BCUT2D eigenvalue weighted by Gasteiger charge is 2.49. The van der Waals surface area contributed by atoms with E-state index < -0.39 is 0 Å². The number of hydrogen-bond donors (Lipinski definition) is 0. The summed E-state index contributed by atoms with van der Waals surface area (Å²) in [5.41, 5.74) is 0. The molecule has 0 spiro atoms. The predicted octanol–water partition coefficient (Wildman–Crippen LogP) is 2.90. The molecule has 2 amide bonds. The van der Waals surface area contributed by atoms with Gasteiger partial charge in [-0.3, -0.25) is 9.59 Å². The van der Waals surface area contributed by atoms with Crippen molar-refractivity contribution in [2.75, 3.05) is 26.7 Å². The minimum absolute atomic E-state index is 0.0881. The second-order valence-electron chi connectivity index (χ2n) is 11.1. The molecule has 0 aromatic rings. The zero-order valence-electron chi connectivity index (χ0n) is 19.7. The van der Waals surface area contributed by atoms with Crippen LogP contribution >= 0.6 is 0 Å². The molecule has 3 aliphatic heterocycles. The summed E-state index contributed by atoms with van der Waals surface area (Å²) in [5.74, 6) is 2.70. The van der Waals surface area contributed by atoms with Crippen LogP contribution in [-0.4, -0.2) is 83.5 Å². The van der Waals surface area contributed by atoms with Crippen molar-refractivity contribution in [1.29, 1.82) is 0 Å². The Morgan fingerprint density at radius 2 is 1.61 bits per heavy atom. The Kier molecular flexibility index (Phi) is 6.06. The molecule has 6 nitrogen and oxygen atoms in total. The van der Waals surface area contributed by atoms with Crippen LogP contribution in [0.1, 0.15) is 71.6 Å². The van der Waals surface area contributed by atoms with Gasteiger partial charge >= 0.3 is 0 Å². The van der Waals surface area contributed by atoms with E-state index in [0.717, 1.165) is 43.6 Å². The minimum Gasteiger partial charge on any atom is -0.368 e. The Hall–Kier alpha value is -1.14. The third-order valence-electron chi connectivity index (χ3n) is 9.44. The van der Waals surface area contributed by atoms with Crippen LogP contribution in [0.2, 0.25) is 0 Å². The monoisotopic (exact) mass is 431 g/mol. The number of carbonyl (C=O) groups is 2. The fourth-order valence-electron chi connectivity index (χ4n) is 7.98. The van der Waals surface area contributed by atoms with Crippen LogP contribution in [0.5, 0.6) is 0 Å². The van der Waals surface area contributed by atoms with Crippen LogP contribution in [-0.2, 0) is 14.3 Å². The van der Waals surface area contributed by atoms with Gasteiger partial charge in [0.2, 0.25) is 5.91 Å². The quantitative estimate of drug-likeness (QED) is 0.675. The number of amides is 2. The molecule has 2 aliphatic carbocycles. The van der Waals surface area contributed by atoms with E-state index in [1.807, 2.05) is 0 Å². The van der Waals surface area contributed by atoms with Crippen molar-refractivity contribution in [3.05, 3.63) is 0 Å². The Balaban J connectivity index is 1.33. The summed E-state index contributed by atoms with van der Waals surface area (Å²) in [5, 5.41) is 0. The fourth-order valence-corrected chi connectivity index (χ4v) is 7.98. The molecule has 5 fully saturated rings. The third-order valence-corrected chi connectivity index (χ3v) is 9.44. The number of hydrogen-bond acceptors (Lipinski definition) is 4. The molecule has 5 rings (SSSR count). The van der Waals surface area contributed by atoms with E-state index in [2.05, 4.69) is 28.7 Å². The normalized spacial score (nSPS) is 43.6. The van der Waals surface area contributed by atoms with Crippen molar-refractivity contribution in [1.82, 2.24) is 14.7 Å². The summed E-state index contributed by atoms with van der Waals surface area (Å²) in [6, 6.07) is 1.23. The highest BCUT2D eigenvalue weighted by molar-refractivity contribution is 5.82. The largest absolute Gasteiger partial charge is 0.368 e. The first-order valence-corrected chi connectivity index (χ1v) is 12.8. The second kappa shape index (κ2) is 8.66. The summed E-state index contributed by atoms with van der Waals surface area (Å²) in [6.45, 7) is 6.43. The number of carbonyl (C=O) groups excluding carboxylic acids is 2. The molecular formula is C25H41N3O3. The zero-order valence-corrected chi connectivity index (χ0v) is 19.7. The van der Waals surface area contributed by atoms with Gasteiger partial charge in [0.25, 0.3) is 5.91 Å². The van der Waals surface area contributed by atoms with Gasteiger partial charge < -0.3 is 19.4 Å². The Morgan fingerprint density at radius 1 is 0.871 bits per heavy atom. The van der Waals surface area contributed by atoms with Crippen LogP contribution in [0, 0.1) is 17.8 Å². The predicted molar refractivity (Wildman–Crippen MR) is 119 cm³/mol. The van der Waals surface area contributed by atoms with Gasteiger partial charge in [0, 0.05) is 32.2 Å². The maximum absolute atomic E-state index is 13.4. The molecule has 3 saturated heterocycles. The molecule has 2 saturated carbocycles. The molecule has 6 heteroatoms. The van der Waals surface area contributed by atoms with Gasteiger partial charge in [-0.05, 0) is 96.1 Å². The Bertz CT molecular complexity index is 693. The van der Waals surface area contributed by atoms with E-state index >= 15 is 0 Å². The first-order valence-electron chi connectivity index (χ1n) is 12.8. The molecule has 174 valence electrons. The Morgan fingerprint density at radius 3 is 2.32 bits per heavy atom. The van der Waals surface area contributed by atoms with E-state index in [9.17, 15) is 9.59 Å². The molecule has 3 heterocycles.